The number of hydrogen-bond donors (Lipinski definition) is 1. The van der Waals surface area contributed by atoms with Gasteiger partial charge in [0, 0.05) is 10.9 Å². The number of carbonyl (C=O) groups is 1. The lowest BCUT2D eigenvalue weighted by Gasteiger charge is -2.07. The first-order valence-electron chi connectivity index (χ1n) is 7.87. The highest BCUT2D eigenvalue weighted by Gasteiger charge is 2.17. The summed E-state index contributed by atoms with van der Waals surface area (Å²) in [5.74, 6) is -0.929. The van der Waals surface area contributed by atoms with Crippen molar-refractivity contribution < 1.29 is 13.6 Å². The smallest absolute Gasteiger partial charge is 0.229 e. The molecule has 0 spiro atoms. The molecule has 0 bridgehead atoms. The number of halogens is 2. The minimum absolute atomic E-state index is 0.0166. The van der Waals surface area contributed by atoms with E-state index >= 15 is 0 Å². The fourth-order valence-corrected chi connectivity index (χ4v) is 3.43. The van der Waals surface area contributed by atoms with Gasteiger partial charge >= 0.3 is 0 Å². The summed E-state index contributed by atoms with van der Waals surface area (Å²) in [4.78, 5) is 12.3. The molecule has 0 aliphatic heterocycles. The van der Waals surface area contributed by atoms with Crippen molar-refractivity contribution in [2.24, 2.45) is 0 Å². The first-order chi connectivity index (χ1) is 11.6. The van der Waals surface area contributed by atoms with Crippen LogP contribution in [0.4, 0.5) is 10.1 Å². The van der Waals surface area contributed by atoms with Gasteiger partial charge < -0.3 is 9.73 Å². The third-order valence-corrected chi connectivity index (χ3v) is 4.74. The average Bonchev–Trinajstić information content (AvgIpc) is 3.16. The number of nitrogens with one attached hydrogen (secondary N) is 1. The van der Waals surface area contributed by atoms with Crippen molar-refractivity contribution in [1.29, 1.82) is 0 Å². The normalized spacial score (nSPS) is 13.2. The van der Waals surface area contributed by atoms with E-state index in [-0.39, 0.29) is 23.0 Å². The molecule has 1 heterocycles. The molecule has 24 heavy (non-hydrogen) atoms. The lowest BCUT2D eigenvalue weighted by Crippen LogP contribution is -2.15. The molecule has 0 atom stereocenters. The van der Waals surface area contributed by atoms with E-state index in [1.165, 1.54) is 23.3 Å². The molecule has 5 heteroatoms. The number of hydrogen-bond acceptors (Lipinski definition) is 2. The number of benzene rings is 2. The third-order valence-electron chi connectivity index (χ3n) is 4.44. The summed E-state index contributed by atoms with van der Waals surface area (Å²) < 4.78 is 19.5. The van der Waals surface area contributed by atoms with Crippen molar-refractivity contribution in [3.63, 3.8) is 0 Å². The lowest BCUT2D eigenvalue weighted by atomic mass is 10.0. The predicted molar refractivity (Wildman–Crippen MR) is 92.0 cm³/mol. The van der Waals surface area contributed by atoms with E-state index < -0.39 is 5.82 Å². The second kappa shape index (κ2) is 5.95. The van der Waals surface area contributed by atoms with Crippen molar-refractivity contribution >= 4 is 34.2 Å². The van der Waals surface area contributed by atoms with Gasteiger partial charge in [-0.3, -0.25) is 4.79 Å². The molecule has 0 unspecified atom stereocenters. The predicted octanol–water partition coefficient (Wildman–Crippen LogP) is 4.90. The van der Waals surface area contributed by atoms with Crippen LogP contribution in [0, 0.1) is 5.82 Å². The molecule has 1 N–H and O–H groups in total. The molecule has 1 amide bonds. The summed E-state index contributed by atoms with van der Waals surface area (Å²) in [6.07, 6.45) is 5.03. The monoisotopic (exact) mass is 343 g/mol. The molecule has 0 fully saturated rings. The molecule has 1 aliphatic carbocycles. The van der Waals surface area contributed by atoms with E-state index in [0.717, 1.165) is 35.8 Å². The number of fused-ring (bicyclic) bond motifs is 2. The van der Waals surface area contributed by atoms with Gasteiger partial charge in [-0.15, -0.1) is 0 Å². The molecule has 3 nitrogen and oxygen atoms in total. The van der Waals surface area contributed by atoms with Gasteiger partial charge in [0.15, 0.2) is 5.82 Å². The van der Waals surface area contributed by atoms with Crippen molar-refractivity contribution in [1.82, 2.24) is 0 Å². The Morgan fingerprint density at radius 2 is 2.04 bits per heavy atom. The van der Waals surface area contributed by atoms with Crippen molar-refractivity contribution in [3.05, 3.63) is 64.1 Å². The van der Waals surface area contributed by atoms with Gasteiger partial charge in [-0.05, 0) is 54.7 Å². The fourth-order valence-electron chi connectivity index (χ4n) is 3.25. The molecule has 0 radical (unpaired) electrons. The molecule has 2 aromatic carbocycles. The molecular weight excluding hydrogens is 329 g/mol. The Morgan fingerprint density at radius 3 is 2.88 bits per heavy atom. The Hall–Kier alpha value is -2.33. The Kier molecular flexibility index (Phi) is 3.77. The highest BCUT2D eigenvalue weighted by atomic mass is 35.5. The van der Waals surface area contributed by atoms with Crippen LogP contribution in [0.15, 0.2) is 41.0 Å². The minimum Gasteiger partial charge on any atom is -0.464 e. The van der Waals surface area contributed by atoms with Gasteiger partial charge in [0.25, 0.3) is 0 Å². The van der Waals surface area contributed by atoms with E-state index in [1.807, 2.05) is 0 Å². The first kappa shape index (κ1) is 15.2. The van der Waals surface area contributed by atoms with Crippen molar-refractivity contribution in [2.75, 3.05) is 5.32 Å². The van der Waals surface area contributed by atoms with Crippen LogP contribution in [0.1, 0.15) is 23.1 Å². The van der Waals surface area contributed by atoms with Crippen LogP contribution >= 0.6 is 11.6 Å². The van der Waals surface area contributed by atoms with Gasteiger partial charge in [0.2, 0.25) is 5.91 Å². The van der Waals surface area contributed by atoms with Crippen LogP contribution in [0.3, 0.4) is 0 Å². The second-order valence-electron chi connectivity index (χ2n) is 6.06. The van der Waals surface area contributed by atoms with Crippen LogP contribution in [0.25, 0.3) is 11.0 Å². The number of rotatable bonds is 3. The minimum atomic E-state index is -0.623. The second-order valence-corrected chi connectivity index (χ2v) is 6.47. The zero-order valence-electron chi connectivity index (χ0n) is 12.9. The number of amides is 1. The van der Waals surface area contributed by atoms with E-state index in [1.54, 1.807) is 12.3 Å². The summed E-state index contributed by atoms with van der Waals surface area (Å²) in [6.45, 7) is 0. The Labute approximate surface area is 143 Å². The highest BCUT2D eigenvalue weighted by molar-refractivity contribution is 6.31. The Balaban J connectivity index is 1.58. The van der Waals surface area contributed by atoms with Crippen LogP contribution in [0.5, 0.6) is 0 Å². The molecule has 0 saturated carbocycles. The van der Waals surface area contributed by atoms with Crippen LogP contribution < -0.4 is 5.32 Å². The molecule has 4 rings (SSSR count). The van der Waals surface area contributed by atoms with Gasteiger partial charge in [0.1, 0.15) is 5.58 Å². The third kappa shape index (κ3) is 2.67. The number of anilines is 1. The number of carbonyl (C=O) groups excluding carboxylic acids is 1. The number of aryl methyl sites for hydroxylation is 2. The maximum Gasteiger partial charge on any atom is 0.229 e. The van der Waals surface area contributed by atoms with E-state index in [9.17, 15) is 9.18 Å². The van der Waals surface area contributed by atoms with Crippen molar-refractivity contribution in [2.45, 2.75) is 25.7 Å². The fraction of sp³-hybridized carbons (Fsp3) is 0.211. The zero-order chi connectivity index (χ0) is 16.7. The molecule has 1 aliphatic rings. The molecule has 0 saturated heterocycles. The summed E-state index contributed by atoms with van der Waals surface area (Å²) in [7, 11) is 0. The van der Waals surface area contributed by atoms with E-state index in [4.69, 9.17) is 16.0 Å². The lowest BCUT2D eigenvalue weighted by molar-refractivity contribution is -0.115. The summed E-state index contributed by atoms with van der Waals surface area (Å²) in [5.41, 5.74) is 4.34. The Bertz CT molecular complexity index is 948. The van der Waals surface area contributed by atoms with E-state index in [2.05, 4.69) is 17.4 Å². The number of furan rings is 1. The molecule has 3 aromatic rings. The summed E-state index contributed by atoms with van der Waals surface area (Å²) in [6, 6.07) is 8.70. The first-order valence-corrected chi connectivity index (χ1v) is 8.25. The van der Waals surface area contributed by atoms with E-state index in [0.29, 0.717) is 0 Å². The van der Waals surface area contributed by atoms with Crippen LogP contribution in [-0.4, -0.2) is 5.91 Å². The average molecular weight is 344 g/mol. The largest absolute Gasteiger partial charge is 0.464 e. The van der Waals surface area contributed by atoms with Crippen LogP contribution in [-0.2, 0) is 24.1 Å². The van der Waals surface area contributed by atoms with Crippen LogP contribution in [0.2, 0.25) is 5.02 Å². The van der Waals surface area contributed by atoms with Gasteiger partial charge in [-0.2, -0.15) is 0 Å². The maximum absolute atomic E-state index is 13.9. The molecular formula is C19H15ClFNO2. The zero-order valence-corrected chi connectivity index (χ0v) is 13.6. The Morgan fingerprint density at radius 1 is 1.25 bits per heavy atom. The SMILES string of the molecule is O=C(Cc1coc2cc3c(cc12)CCC3)Nc1cccc(Cl)c1F. The quantitative estimate of drug-likeness (QED) is 0.735. The molecule has 122 valence electrons. The van der Waals surface area contributed by atoms with Gasteiger partial charge in [-0.25, -0.2) is 4.39 Å². The highest BCUT2D eigenvalue weighted by Crippen LogP contribution is 2.31. The van der Waals surface area contributed by atoms with Gasteiger partial charge in [0.05, 0.1) is 23.4 Å². The van der Waals surface area contributed by atoms with Gasteiger partial charge in [-0.1, -0.05) is 17.7 Å². The summed E-state index contributed by atoms with van der Waals surface area (Å²) >= 11 is 5.73. The van der Waals surface area contributed by atoms with Crippen molar-refractivity contribution in [3.8, 4) is 0 Å². The molecule has 1 aromatic heterocycles. The maximum atomic E-state index is 13.9. The standard InChI is InChI=1S/C19H15ClFNO2/c20-15-5-2-6-16(19(15)21)22-18(23)9-13-10-24-17-8-12-4-1-3-11(12)7-14(13)17/h2,5-8,10H,1,3-4,9H2,(H,22,23). The topological polar surface area (TPSA) is 42.2 Å². The summed E-state index contributed by atoms with van der Waals surface area (Å²) in [5, 5.41) is 3.51.